The summed E-state index contributed by atoms with van der Waals surface area (Å²) in [6.07, 6.45) is 5.13. The van der Waals surface area contributed by atoms with Crippen LogP contribution in [0.1, 0.15) is 51.0 Å². The van der Waals surface area contributed by atoms with Crippen molar-refractivity contribution in [1.29, 1.82) is 0 Å². The Morgan fingerprint density at radius 1 is 1.05 bits per heavy atom. The first-order valence-electron chi connectivity index (χ1n) is 7.72. The van der Waals surface area contributed by atoms with Crippen LogP contribution < -0.4 is 0 Å². The Balaban J connectivity index is 0.000000704. The molecule has 2 fully saturated rings. The zero-order valence-electron chi connectivity index (χ0n) is 12.4. The molecule has 1 aromatic rings. The lowest BCUT2D eigenvalue weighted by molar-refractivity contribution is -0.384. The maximum Gasteiger partial charge on any atom is 0.269 e. The molecule has 110 valence electrons. The molecule has 0 amide bonds. The predicted molar refractivity (Wildman–Crippen MR) is 81.0 cm³/mol. The number of benzene rings is 1. The second-order valence-electron chi connectivity index (χ2n) is 5.39. The van der Waals surface area contributed by atoms with E-state index < -0.39 is 0 Å². The van der Waals surface area contributed by atoms with Gasteiger partial charge < -0.3 is 4.90 Å². The summed E-state index contributed by atoms with van der Waals surface area (Å²) in [5, 5.41) is 10.6. The molecule has 0 aromatic heterocycles. The molecule has 4 heteroatoms. The van der Waals surface area contributed by atoms with E-state index in [0.717, 1.165) is 6.04 Å². The number of likely N-dealkylation sites (tertiary alicyclic amines) is 1. The Morgan fingerprint density at radius 3 is 2.05 bits per heavy atom. The highest BCUT2D eigenvalue weighted by molar-refractivity contribution is 5.34. The third-order valence-corrected chi connectivity index (χ3v) is 4.17. The van der Waals surface area contributed by atoms with Gasteiger partial charge in [0.25, 0.3) is 5.69 Å². The van der Waals surface area contributed by atoms with Crippen LogP contribution in [0.25, 0.3) is 0 Å². The molecule has 1 aliphatic heterocycles. The van der Waals surface area contributed by atoms with Crippen LogP contribution in [0.15, 0.2) is 24.3 Å². The van der Waals surface area contributed by atoms with Crippen LogP contribution in [0.3, 0.4) is 0 Å². The van der Waals surface area contributed by atoms with Crippen molar-refractivity contribution in [1.82, 2.24) is 4.90 Å². The van der Waals surface area contributed by atoms with Crippen molar-refractivity contribution in [2.24, 2.45) is 0 Å². The SMILES string of the molecule is CC.O=[N+]([O-])c1ccc(C2CCN(C3CC3)CC2)cc1. The van der Waals surface area contributed by atoms with Gasteiger partial charge in [-0.1, -0.05) is 26.0 Å². The van der Waals surface area contributed by atoms with Gasteiger partial charge in [-0.25, -0.2) is 0 Å². The molecule has 4 nitrogen and oxygen atoms in total. The van der Waals surface area contributed by atoms with Crippen LogP contribution in [0.5, 0.6) is 0 Å². The maximum atomic E-state index is 10.6. The number of hydrogen-bond acceptors (Lipinski definition) is 3. The predicted octanol–water partition coefficient (Wildman–Crippen LogP) is 3.96. The molecular weight excluding hydrogens is 252 g/mol. The third-order valence-electron chi connectivity index (χ3n) is 4.17. The summed E-state index contributed by atoms with van der Waals surface area (Å²) in [5.41, 5.74) is 1.45. The van der Waals surface area contributed by atoms with Gasteiger partial charge >= 0.3 is 0 Å². The van der Waals surface area contributed by atoms with E-state index in [2.05, 4.69) is 4.90 Å². The zero-order valence-corrected chi connectivity index (χ0v) is 12.4. The van der Waals surface area contributed by atoms with Crippen molar-refractivity contribution in [2.45, 2.75) is 51.5 Å². The van der Waals surface area contributed by atoms with E-state index in [9.17, 15) is 10.1 Å². The largest absolute Gasteiger partial charge is 0.300 e. The molecule has 1 aliphatic carbocycles. The number of nitro groups is 1. The highest BCUT2D eigenvalue weighted by Crippen LogP contribution is 2.34. The summed E-state index contributed by atoms with van der Waals surface area (Å²) in [6.45, 7) is 6.37. The molecule has 0 spiro atoms. The first-order valence-corrected chi connectivity index (χ1v) is 7.72. The van der Waals surface area contributed by atoms with Gasteiger partial charge in [0.2, 0.25) is 0 Å². The minimum Gasteiger partial charge on any atom is -0.300 e. The van der Waals surface area contributed by atoms with E-state index in [-0.39, 0.29) is 10.6 Å². The van der Waals surface area contributed by atoms with Crippen LogP contribution in [0, 0.1) is 10.1 Å². The summed E-state index contributed by atoms with van der Waals surface area (Å²) < 4.78 is 0. The summed E-state index contributed by atoms with van der Waals surface area (Å²) in [5.74, 6) is 0.584. The average Bonchev–Trinajstić information content (AvgIpc) is 3.34. The number of piperidine rings is 1. The molecule has 3 rings (SSSR count). The molecule has 0 bridgehead atoms. The molecule has 0 radical (unpaired) electrons. The fourth-order valence-electron chi connectivity index (χ4n) is 2.91. The van der Waals surface area contributed by atoms with E-state index in [1.54, 1.807) is 12.1 Å². The molecule has 1 saturated heterocycles. The summed E-state index contributed by atoms with van der Waals surface area (Å²) in [7, 11) is 0. The monoisotopic (exact) mass is 276 g/mol. The normalized spacial score (nSPS) is 20.1. The van der Waals surface area contributed by atoms with Crippen molar-refractivity contribution in [3.8, 4) is 0 Å². The molecule has 1 aromatic carbocycles. The van der Waals surface area contributed by atoms with Crippen molar-refractivity contribution in [3.05, 3.63) is 39.9 Å². The molecule has 2 aliphatic rings. The topological polar surface area (TPSA) is 46.4 Å². The summed E-state index contributed by atoms with van der Waals surface area (Å²) >= 11 is 0. The van der Waals surface area contributed by atoms with Gasteiger partial charge in [0.05, 0.1) is 4.92 Å². The molecule has 0 unspecified atom stereocenters. The Labute approximate surface area is 120 Å². The summed E-state index contributed by atoms with van der Waals surface area (Å²) in [4.78, 5) is 12.9. The smallest absolute Gasteiger partial charge is 0.269 e. The fraction of sp³-hybridized carbons (Fsp3) is 0.625. The Morgan fingerprint density at radius 2 is 1.60 bits per heavy atom. The van der Waals surface area contributed by atoms with Gasteiger partial charge in [-0.2, -0.15) is 0 Å². The van der Waals surface area contributed by atoms with E-state index >= 15 is 0 Å². The molecule has 1 saturated carbocycles. The Bertz CT molecular complexity index is 432. The van der Waals surface area contributed by atoms with Gasteiger partial charge in [0.15, 0.2) is 0 Å². The minimum atomic E-state index is -0.334. The molecule has 1 heterocycles. The van der Waals surface area contributed by atoms with E-state index in [1.807, 2.05) is 26.0 Å². The number of nitrogens with zero attached hydrogens (tertiary/aromatic N) is 2. The number of rotatable bonds is 3. The second kappa shape index (κ2) is 6.84. The van der Waals surface area contributed by atoms with E-state index in [4.69, 9.17) is 0 Å². The molecule has 0 atom stereocenters. The van der Waals surface area contributed by atoms with Gasteiger partial charge in [-0.05, 0) is 50.3 Å². The lowest BCUT2D eigenvalue weighted by atomic mass is 9.89. The van der Waals surface area contributed by atoms with Gasteiger partial charge in [0.1, 0.15) is 0 Å². The number of hydrogen-bond donors (Lipinski definition) is 0. The number of nitro benzene ring substituents is 1. The fourth-order valence-corrected chi connectivity index (χ4v) is 2.91. The van der Waals surface area contributed by atoms with Crippen LogP contribution in [0.2, 0.25) is 0 Å². The standard InChI is InChI=1S/C14H18N2O2.C2H6/c17-16(18)14-3-1-11(2-4-14)12-7-9-15(10-8-12)13-5-6-13;1-2/h1-4,12-13H,5-10H2;1-2H3. The van der Waals surface area contributed by atoms with Gasteiger partial charge in [0, 0.05) is 18.2 Å². The second-order valence-corrected chi connectivity index (χ2v) is 5.39. The lowest BCUT2D eigenvalue weighted by Crippen LogP contribution is -2.34. The molecular formula is C16H24N2O2. The third kappa shape index (κ3) is 3.57. The lowest BCUT2D eigenvalue weighted by Gasteiger charge is -2.32. The zero-order chi connectivity index (χ0) is 14.5. The highest BCUT2D eigenvalue weighted by Gasteiger charge is 2.32. The van der Waals surface area contributed by atoms with Gasteiger partial charge in [-0.3, -0.25) is 10.1 Å². The molecule has 0 N–H and O–H groups in total. The maximum absolute atomic E-state index is 10.6. The minimum absolute atomic E-state index is 0.189. The van der Waals surface area contributed by atoms with Crippen LogP contribution >= 0.6 is 0 Å². The van der Waals surface area contributed by atoms with Crippen LogP contribution in [-0.4, -0.2) is 29.0 Å². The first-order chi connectivity index (χ1) is 9.74. The highest BCUT2D eigenvalue weighted by atomic mass is 16.6. The summed E-state index contributed by atoms with van der Waals surface area (Å²) in [6, 6.07) is 7.97. The molecule has 20 heavy (non-hydrogen) atoms. The van der Waals surface area contributed by atoms with Crippen molar-refractivity contribution in [3.63, 3.8) is 0 Å². The van der Waals surface area contributed by atoms with Crippen LogP contribution in [0.4, 0.5) is 5.69 Å². The first kappa shape index (κ1) is 15.0. The van der Waals surface area contributed by atoms with E-state index in [0.29, 0.717) is 5.92 Å². The van der Waals surface area contributed by atoms with Crippen LogP contribution in [-0.2, 0) is 0 Å². The van der Waals surface area contributed by atoms with Crippen molar-refractivity contribution >= 4 is 5.69 Å². The average molecular weight is 276 g/mol. The number of non-ortho nitro benzene ring substituents is 1. The Kier molecular flexibility index (Phi) is 5.12. The van der Waals surface area contributed by atoms with Gasteiger partial charge in [-0.15, -0.1) is 0 Å². The quantitative estimate of drug-likeness (QED) is 0.620. The Hall–Kier alpha value is -1.42. The van der Waals surface area contributed by atoms with E-state index in [1.165, 1.54) is 44.3 Å². The van der Waals surface area contributed by atoms with Crippen molar-refractivity contribution in [2.75, 3.05) is 13.1 Å². The van der Waals surface area contributed by atoms with Crippen molar-refractivity contribution < 1.29 is 4.92 Å².